The molecule has 0 radical (unpaired) electrons. The maximum Gasteiger partial charge on any atom is 0.335 e. The number of ether oxygens (including phenoxy) is 2. The SMILES string of the molecule is CC1CC(Oc2c(F)cc(C(=O)O)cc2F)CC(C)O1. The molecule has 2 atom stereocenters. The second kappa shape index (κ2) is 5.75. The molecule has 1 saturated heterocycles. The number of hydrogen-bond donors (Lipinski definition) is 1. The molecule has 110 valence electrons. The van der Waals surface area contributed by atoms with Crippen LogP contribution in [0.5, 0.6) is 5.75 Å². The Morgan fingerprint density at radius 1 is 1.25 bits per heavy atom. The van der Waals surface area contributed by atoms with Crippen molar-refractivity contribution in [2.45, 2.75) is 45.0 Å². The molecule has 0 aromatic heterocycles. The van der Waals surface area contributed by atoms with E-state index in [0.29, 0.717) is 12.8 Å². The molecule has 1 aromatic carbocycles. The largest absolute Gasteiger partial charge is 0.484 e. The number of rotatable bonds is 3. The lowest BCUT2D eigenvalue weighted by molar-refractivity contribution is -0.0734. The molecule has 1 N–H and O–H groups in total. The second-order valence-corrected chi connectivity index (χ2v) is 5.04. The van der Waals surface area contributed by atoms with Gasteiger partial charge in [-0.15, -0.1) is 0 Å². The molecule has 0 bridgehead atoms. The summed E-state index contributed by atoms with van der Waals surface area (Å²) in [5.41, 5.74) is -0.443. The normalized spacial score (nSPS) is 26.3. The Morgan fingerprint density at radius 3 is 2.20 bits per heavy atom. The van der Waals surface area contributed by atoms with Gasteiger partial charge in [-0.25, -0.2) is 13.6 Å². The van der Waals surface area contributed by atoms with Crippen LogP contribution in [-0.2, 0) is 4.74 Å². The van der Waals surface area contributed by atoms with Crippen LogP contribution in [0.1, 0.15) is 37.0 Å². The fourth-order valence-electron chi connectivity index (χ4n) is 2.40. The molecule has 1 heterocycles. The molecule has 1 aliphatic heterocycles. The molecule has 0 aliphatic carbocycles. The van der Waals surface area contributed by atoms with E-state index >= 15 is 0 Å². The standard InChI is InChI=1S/C14H16F2O4/c1-7-3-10(4-8(2)19-7)20-13-11(15)5-9(14(17)18)6-12(13)16/h5-8,10H,3-4H2,1-2H3,(H,17,18). The van der Waals surface area contributed by atoms with Crippen molar-refractivity contribution in [2.75, 3.05) is 0 Å². The molecule has 0 amide bonds. The quantitative estimate of drug-likeness (QED) is 0.928. The van der Waals surface area contributed by atoms with Crippen molar-refractivity contribution in [2.24, 2.45) is 0 Å². The first kappa shape index (κ1) is 14.7. The summed E-state index contributed by atoms with van der Waals surface area (Å²) in [4.78, 5) is 10.7. The highest BCUT2D eigenvalue weighted by atomic mass is 19.1. The van der Waals surface area contributed by atoms with E-state index in [4.69, 9.17) is 14.6 Å². The number of hydrogen-bond acceptors (Lipinski definition) is 3. The number of halogens is 2. The van der Waals surface area contributed by atoms with Crippen LogP contribution >= 0.6 is 0 Å². The Balaban J connectivity index is 2.19. The molecule has 6 heteroatoms. The minimum Gasteiger partial charge on any atom is -0.484 e. The third-order valence-corrected chi connectivity index (χ3v) is 3.18. The minimum absolute atomic E-state index is 0.0480. The van der Waals surface area contributed by atoms with Gasteiger partial charge in [0.25, 0.3) is 0 Å². The van der Waals surface area contributed by atoms with Crippen LogP contribution in [0.15, 0.2) is 12.1 Å². The van der Waals surface area contributed by atoms with Gasteiger partial charge in [0, 0.05) is 12.8 Å². The van der Waals surface area contributed by atoms with Gasteiger partial charge in [0.15, 0.2) is 17.4 Å². The lowest BCUT2D eigenvalue weighted by Gasteiger charge is -2.32. The fourth-order valence-corrected chi connectivity index (χ4v) is 2.40. The van der Waals surface area contributed by atoms with Crippen molar-refractivity contribution in [1.29, 1.82) is 0 Å². The van der Waals surface area contributed by atoms with Crippen LogP contribution in [0.3, 0.4) is 0 Å². The van der Waals surface area contributed by atoms with Gasteiger partial charge in [0.2, 0.25) is 0 Å². The highest BCUT2D eigenvalue weighted by Crippen LogP contribution is 2.29. The van der Waals surface area contributed by atoms with Crippen molar-refractivity contribution in [3.63, 3.8) is 0 Å². The Hall–Kier alpha value is -1.69. The highest BCUT2D eigenvalue weighted by molar-refractivity contribution is 5.87. The summed E-state index contributed by atoms with van der Waals surface area (Å²) in [6, 6.07) is 1.51. The third-order valence-electron chi connectivity index (χ3n) is 3.18. The number of carbonyl (C=O) groups is 1. The minimum atomic E-state index is -1.39. The van der Waals surface area contributed by atoms with Gasteiger partial charge in [-0.2, -0.15) is 0 Å². The van der Waals surface area contributed by atoms with Gasteiger partial charge in [0.05, 0.1) is 17.8 Å². The topological polar surface area (TPSA) is 55.8 Å². The summed E-state index contributed by atoms with van der Waals surface area (Å²) < 4.78 is 38.4. The summed E-state index contributed by atoms with van der Waals surface area (Å²) in [6.07, 6.45) is 0.614. The molecular formula is C14H16F2O4. The number of aromatic carboxylic acids is 1. The lowest BCUT2D eigenvalue weighted by atomic mass is 10.0. The Morgan fingerprint density at radius 2 is 1.75 bits per heavy atom. The number of carboxylic acids is 1. The molecule has 0 spiro atoms. The van der Waals surface area contributed by atoms with Crippen LogP contribution in [0.25, 0.3) is 0 Å². The van der Waals surface area contributed by atoms with Crippen LogP contribution in [0.4, 0.5) is 8.78 Å². The zero-order valence-electron chi connectivity index (χ0n) is 11.2. The maximum absolute atomic E-state index is 13.8. The highest BCUT2D eigenvalue weighted by Gasteiger charge is 2.28. The molecule has 4 nitrogen and oxygen atoms in total. The molecule has 1 aliphatic rings. The van der Waals surface area contributed by atoms with Gasteiger partial charge in [0.1, 0.15) is 6.10 Å². The Kier molecular flexibility index (Phi) is 4.23. The summed E-state index contributed by atoms with van der Waals surface area (Å²) in [5.74, 6) is -3.92. The maximum atomic E-state index is 13.8. The van der Waals surface area contributed by atoms with Crippen molar-refractivity contribution in [1.82, 2.24) is 0 Å². The average molecular weight is 286 g/mol. The van der Waals surface area contributed by atoms with Gasteiger partial charge < -0.3 is 14.6 Å². The van der Waals surface area contributed by atoms with E-state index in [1.807, 2.05) is 13.8 Å². The first-order chi connectivity index (χ1) is 9.36. The summed E-state index contributed by atoms with van der Waals surface area (Å²) in [7, 11) is 0. The van der Waals surface area contributed by atoms with Crippen LogP contribution in [-0.4, -0.2) is 29.4 Å². The Labute approximate surface area is 115 Å². The summed E-state index contributed by atoms with van der Waals surface area (Å²) in [5, 5.41) is 8.72. The van der Waals surface area contributed by atoms with E-state index in [0.717, 1.165) is 12.1 Å². The molecule has 2 unspecified atom stereocenters. The van der Waals surface area contributed by atoms with Crippen molar-refractivity contribution < 1.29 is 28.2 Å². The average Bonchev–Trinajstić information content (AvgIpc) is 2.32. The smallest absolute Gasteiger partial charge is 0.335 e. The molecule has 2 rings (SSSR count). The monoisotopic (exact) mass is 286 g/mol. The van der Waals surface area contributed by atoms with Crippen LogP contribution < -0.4 is 4.74 Å². The second-order valence-electron chi connectivity index (χ2n) is 5.04. The predicted molar refractivity (Wildman–Crippen MR) is 67.0 cm³/mol. The zero-order valence-corrected chi connectivity index (χ0v) is 11.2. The van der Waals surface area contributed by atoms with E-state index in [1.165, 1.54) is 0 Å². The van der Waals surface area contributed by atoms with E-state index < -0.39 is 28.9 Å². The zero-order chi connectivity index (χ0) is 14.9. The molecular weight excluding hydrogens is 270 g/mol. The fraction of sp³-hybridized carbons (Fsp3) is 0.500. The van der Waals surface area contributed by atoms with Gasteiger partial charge >= 0.3 is 5.97 Å². The van der Waals surface area contributed by atoms with Crippen molar-refractivity contribution in [3.05, 3.63) is 29.3 Å². The molecule has 20 heavy (non-hydrogen) atoms. The number of carboxylic acid groups (broad SMARTS) is 1. The van der Waals surface area contributed by atoms with Gasteiger partial charge in [-0.1, -0.05) is 0 Å². The molecule has 1 fully saturated rings. The van der Waals surface area contributed by atoms with E-state index in [9.17, 15) is 13.6 Å². The number of benzene rings is 1. The lowest BCUT2D eigenvalue weighted by Crippen LogP contribution is -2.36. The first-order valence-corrected chi connectivity index (χ1v) is 6.41. The van der Waals surface area contributed by atoms with Crippen molar-refractivity contribution >= 4 is 5.97 Å². The van der Waals surface area contributed by atoms with Gasteiger partial charge in [-0.05, 0) is 26.0 Å². The Bertz CT molecular complexity index is 485. The van der Waals surface area contributed by atoms with E-state index in [1.54, 1.807) is 0 Å². The van der Waals surface area contributed by atoms with Crippen LogP contribution in [0.2, 0.25) is 0 Å². The summed E-state index contributed by atoms with van der Waals surface area (Å²) in [6.45, 7) is 3.73. The van der Waals surface area contributed by atoms with E-state index in [2.05, 4.69) is 0 Å². The molecule has 1 aromatic rings. The third kappa shape index (κ3) is 3.25. The van der Waals surface area contributed by atoms with Crippen molar-refractivity contribution in [3.8, 4) is 5.75 Å². The predicted octanol–water partition coefficient (Wildman–Crippen LogP) is 3.00. The van der Waals surface area contributed by atoms with Gasteiger partial charge in [-0.3, -0.25) is 0 Å². The molecule has 0 saturated carbocycles. The van der Waals surface area contributed by atoms with Crippen LogP contribution in [0, 0.1) is 11.6 Å². The van der Waals surface area contributed by atoms with E-state index in [-0.39, 0.29) is 18.3 Å². The first-order valence-electron chi connectivity index (χ1n) is 6.41. The summed E-state index contributed by atoms with van der Waals surface area (Å²) >= 11 is 0.